The number of hydrogen-bond acceptors (Lipinski definition) is 3. The molecule has 0 radical (unpaired) electrons. The normalized spacial score (nSPS) is 20.5. The second kappa shape index (κ2) is 5.83. The molecule has 1 aliphatic heterocycles. The first-order valence-corrected chi connectivity index (χ1v) is 7.40. The lowest BCUT2D eigenvalue weighted by atomic mass is 9.96. The summed E-state index contributed by atoms with van der Waals surface area (Å²) < 4.78 is 11.0. The smallest absolute Gasteiger partial charge is 0.161 e. The van der Waals surface area contributed by atoms with Gasteiger partial charge in [-0.1, -0.05) is 31.7 Å². The van der Waals surface area contributed by atoms with Crippen LogP contribution in [0.3, 0.4) is 0 Å². The molecule has 19 heavy (non-hydrogen) atoms. The van der Waals surface area contributed by atoms with Crippen molar-refractivity contribution >= 4 is 0 Å². The van der Waals surface area contributed by atoms with Crippen molar-refractivity contribution in [2.24, 2.45) is 5.92 Å². The molecule has 2 aliphatic rings. The van der Waals surface area contributed by atoms with Crippen molar-refractivity contribution in [3.05, 3.63) is 23.8 Å². The predicted octanol–water partition coefficient (Wildman–Crippen LogP) is 3.46. The van der Waals surface area contributed by atoms with Crippen LogP contribution < -0.4 is 9.47 Å². The summed E-state index contributed by atoms with van der Waals surface area (Å²) in [6, 6.07) is 5.78. The molecule has 1 unspecified atom stereocenters. The van der Waals surface area contributed by atoms with Gasteiger partial charge in [0.1, 0.15) is 13.2 Å². The van der Waals surface area contributed by atoms with Gasteiger partial charge in [-0.3, -0.25) is 0 Å². The number of ether oxygens (including phenoxy) is 2. The molecule has 1 aliphatic carbocycles. The zero-order valence-electron chi connectivity index (χ0n) is 11.3. The minimum absolute atomic E-state index is 0.378. The molecule has 3 rings (SSSR count). The second-order valence-electron chi connectivity index (χ2n) is 5.65. The van der Waals surface area contributed by atoms with E-state index >= 15 is 0 Å². The Labute approximate surface area is 114 Å². The SMILES string of the molecule is OC(CCC1CCCC1)c1ccc2c(c1)OCCO2. The van der Waals surface area contributed by atoms with Gasteiger partial charge in [-0.25, -0.2) is 0 Å². The summed E-state index contributed by atoms with van der Waals surface area (Å²) in [5, 5.41) is 10.3. The zero-order chi connectivity index (χ0) is 13.1. The van der Waals surface area contributed by atoms with Gasteiger partial charge in [-0.05, 0) is 36.5 Å². The number of fused-ring (bicyclic) bond motifs is 1. The number of rotatable bonds is 4. The predicted molar refractivity (Wildman–Crippen MR) is 73.6 cm³/mol. The fourth-order valence-electron chi connectivity index (χ4n) is 3.13. The van der Waals surface area contributed by atoms with E-state index in [0.717, 1.165) is 35.8 Å². The molecular formula is C16H22O3. The van der Waals surface area contributed by atoms with Crippen molar-refractivity contribution in [1.29, 1.82) is 0 Å². The molecule has 0 spiro atoms. The number of hydrogen-bond donors (Lipinski definition) is 1. The first kappa shape index (κ1) is 12.8. The number of benzene rings is 1. The fraction of sp³-hybridized carbons (Fsp3) is 0.625. The molecule has 1 aromatic carbocycles. The maximum Gasteiger partial charge on any atom is 0.161 e. The van der Waals surface area contributed by atoms with E-state index in [9.17, 15) is 5.11 Å². The highest BCUT2D eigenvalue weighted by Gasteiger charge is 2.19. The maximum absolute atomic E-state index is 10.3. The molecule has 1 heterocycles. The molecule has 1 fully saturated rings. The van der Waals surface area contributed by atoms with Gasteiger partial charge in [-0.15, -0.1) is 0 Å². The number of aliphatic hydroxyl groups excluding tert-OH is 1. The molecule has 0 bridgehead atoms. The largest absolute Gasteiger partial charge is 0.486 e. The average Bonchev–Trinajstić information content (AvgIpc) is 2.97. The highest BCUT2D eigenvalue weighted by molar-refractivity contribution is 5.44. The molecule has 1 N–H and O–H groups in total. The van der Waals surface area contributed by atoms with Crippen LogP contribution in [0, 0.1) is 5.92 Å². The van der Waals surface area contributed by atoms with Crippen molar-refractivity contribution in [3.63, 3.8) is 0 Å². The third-order valence-electron chi connectivity index (χ3n) is 4.27. The van der Waals surface area contributed by atoms with Crippen molar-refractivity contribution < 1.29 is 14.6 Å². The van der Waals surface area contributed by atoms with Crippen molar-refractivity contribution in [2.75, 3.05) is 13.2 Å². The van der Waals surface area contributed by atoms with E-state index in [4.69, 9.17) is 9.47 Å². The summed E-state index contributed by atoms with van der Waals surface area (Å²) in [5.41, 5.74) is 0.947. The standard InChI is InChI=1S/C16H22O3/c17-14(7-5-12-3-1-2-4-12)13-6-8-15-16(11-13)19-10-9-18-15/h6,8,11-12,14,17H,1-5,7,9-10H2. The van der Waals surface area contributed by atoms with Crippen molar-refractivity contribution in [1.82, 2.24) is 0 Å². The fourth-order valence-corrected chi connectivity index (χ4v) is 3.13. The van der Waals surface area contributed by atoms with Crippen LogP contribution >= 0.6 is 0 Å². The Kier molecular flexibility index (Phi) is 3.92. The quantitative estimate of drug-likeness (QED) is 0.903. The Morgan fingerprint density at radius 2 is 1.84 bits per heavy atom. The third-order valence-corrected chi connectivity index (χ3v) is 4.27. The molecule has 1 saturated carbocycles. The van der Waals surface area contributed by atoms with Gasteiger partial charge >= 0.3 is 0 Å². The van der Waals surface area contributed by atoms with E-state index in [1.807, 2.05) is 18.2 Å². The number of aliphatic hydroxyl groups is 1. The Bertz CT molecular complexity index is 424. The summed E-state index contributed by atoms with van der Waals surface area (Å²) >= 11 is 0. The average molecular weight is 262 g/mol. The second-order valence-corrected chi connectivity index (χ2v) is 5.65. The van der Waals surface area contributed by atoms with Gasteiger partial charge < -0.3 is 14.6 Å². The van der Waals surface area contributed by atoms with E-state index in [0.29, 0.717) is 13.2 Å². The summed E-state index contributed by atoms with van der Waals surface area (Å²) in [7, 11) is 0. The van der Waals surface area contributed by atoms with Crippen LogP contribution in [0.5, 0.6) is 11.5 Å². The topological polar surface area (TPSA) is 38.7 Å². The Hall–Kier alpha value is -1.22. The molecule has 0 saturated heterocycles. The molecule has 0 aromatic heterocycles. The van der Waals surface area contributed by atoms with Gasteiger partial charge in [0.2, 0.25) is 0 Å². The van der Waals surface area contributed by atoms with E-state index in [1.54, 1.807) is 0 Å². The van der Waals surface area contributed by atoms with Crippen LogP contribution in [0.15, 0.2) is 18.2 Å². The minimum Gasteiger partial charge on any atom is -0.486 e. The van der Waals surface area contributed by atoms with Gasteiger partial charge in [0, 0.05) is 0 Å². The summed E-state index contributed by atoms with van der Waals surface area (Å²) in [6.07, 6.45) is 7.02. The lowest BCUT2D eigenvalue weighted by Gasteiger charge is -2.20. The van der Waals surface area contributed by atoms with Crippen LogP contribution in [-0.2, 0) is 0 Å². The Morgan fingerprint density at radius 1 is 1.11 bits per heavy atom. The highest BCUT2D eigenvalue weighted by atomic mass is 16.6. The molecule has 104 valence electrons. The van der Waals surface area contributed by atoms with Gasteiger partial charge in [0.05, 0.1) is 6.10 Å². The van der Waals surface area contributed by atoms with Crippen LogP contribution in [0.1, 0.15) is 50.2 Å². The Balaban J connectivity index is 1.60. The Morgan fingerprint density at radius 3 is 2.63 bits per heavy atom. The molecule has 3 heteroatoms. The van der Waals surface area contributed by atoms with Crippen LogP contribution in [-0.4, -0.2) is 18.3 Å². The van der Waals surface area contributed by atoms with Crippen LogP contribution in [0.2, 0.25) is 0 Å². The van der Waals surface area contributed by atoms with Crippen LogP contribution in [0.25, 0.3) is 0 Å². The molecular weight excluding hydrogens is 240 g/mol. The highest BCUT2D eigenvalue weighted by Crippen LogP contribution is 2.35. The molecule has 1 aromatic rings. The minimum atomic E-state index is -0.378. The first-order chi connectivity index (χ1) is 9.33. The molecule has 0 amide bonds. The van der Waals surface area contributed by atoms with Gasteiger partial charge in [-0.2, -0.15) is 0 Å². The van der Waals surface area contributed by atoms with E-state index in [-0.39, 0.29) is 6.10 Å². The van der Waals surface area contributed by atoms with Crippen molar-refractivity contribution in [3.8, 4) is 11.5 Å². The summed E-state index contributed by atoms with van der Waals surface area (Å²) in [6.45, 7) is 1.20. The van der Waals surface area contributed by atoms with Crippen LogP contribution in [0.4, 0.5) is 0 Å². The lowest BCUT2D eigenvalue weighted by molar-refractivity contribution is 0.152. The van der Waals surface area contributed by atoms with E-state index in [1.165, 1.54) is 25.7 Å². The third kappa shape index (κ3) is 3.03. The monoisotopic (exact) mass is 262 g/mol. The molecule has 1 atom stereocenters. The zero-order valence-corrected chi connectivity index (χ0v) is 11.3. The molecule has 3 nitrogen and oxygen atoms in total. The lowest BCUT2D eigenvalue weighted by Crippen LogP contribution is -2.15. The van der Waals surface area contributed by atoms with Crippen molar-refractivity contribution in [2.45, 2.75) is 44.6 Å². The van der Waals surface area contributed by atoms with E-state index < -0.39 is 0 Å². The van der Waals surface area contributed by atoms with Gasteiger partial charge in [0.25, 0.3) is 0 Å². The maximum atomic E-state index is 10.3. The first-order valence-electron chi connectivity index (χ1n) is 7.40. The van der Waals surface area contributed by atoms with Gasteiger partial charge in [0.15, 0.2) is 11.5 Å². The summed E-state index contributed by atoms with van der Waals surface area (Å²) in [5.74, 6) is 2.38. The van der Waals surface area contributed by atoms with E-state index in [2.05, 4.69) is 0 Å². The summed E-state index contributed by atoms with van der Waals surface area (Å²) in [4.78, 5) is 0.